The lowest BCUT2D eigenvalue weighted by molar-refractivity contribution is 0.181. The number of aromatic nitrogens is 1. The van der Waals surface area contributed by atoms with Crippen LogP contribution in [0.4, 0.5) is 14.9 Å². The summed E-state index contributed by atoms with van der Waals surface area (Å²) >= 11 is 5.14. The second-order valence-electron chi connectivity index (χ2n) is 7.90. The summed E-state index contributed by atoms with van der Waals surface area (Å²) < 4.78 is 17.3. The number of carbonyl (C=O) groups is 1. The molecule has 0 bridgehead atoms. The van der Waals surface area contributed by atoms with Gasteiger partial charge < -0.3 is 14.8 Å². The van der Waals surface area contributed by atoms with Crippen molar-refractivity contribution in [2.45, 2.75) is 51.6 Å². The summed E-state index contributed by atoms with van der Waals surface area (Å²) in [4.78, 5) is 16.7. The Morgan fingerprint density at radius 1 is 1.27 bits per heavy atom. The van der Waals surface area contributed by atoms with Crippen LogP contribution < -0.4 is 5.32 Å². The number of halogens is 2. The maximum Gasteiger partial charge on any atom is 0.322 e. The molecule has 1 atom stereocenters. The zero-order valence-corrected chi connectivity index (χ0v) is 19.2. The monoisotopic (exact) mass is 487 g/mol. The molecule has 7 heteroatoms. The number of hydrogen-bond donors (Lipinski definition) is 1. The largest absolute Gasteiger partial charge is 0.322 e. The maximum absolute atomic E-state index is 14.4. The number of anilines is 1. The Morgan fingerprint density at radius 2 is 2.10 bits per heavy atom. The van der Waals surface area contributed by atoms with Gasteiger partial charge in [-0.3, -0.25) is 0 Å². The quantitative estimate of drug-likeness (QED) is 0.423. The average molecular weight is 488 g/mol. The molecule has 0 fully saturated rings. The molecule has 30 heavy (non-hydrogen) atoms. The Hall–Kier alpha value is -2.12. The number of benzene rings is 1. The Morgan fingerprint density at radius 3 is 2.90 bits per heavy atom. The van der Waals surface area contributed by atoms with Gasteiger partial charge in [0.1, 0.15) is 10.8 Å². The fourth-order valence-electron chi connectivity index (χ4n) is 4.69. The van der Waals surface area contributed by atoms with E-state index in [2.05, 4.69) is 51.1 Å². The van der Waals surface area contributed by atoms with Crippen LogP contribution in [0, 0.1) is 5.82 Å². The molecule has 0 saturated heterocycles. The summed E-state index contributed by atoms with van der Waals surface area (Å²) in [6.45, 7) is 2.64. The van der Waals surface area contributed by atoms with Crippen molar-refractivity contribution in [2.75, 3.05) is 5.32 Å². The van der Waals surface area contributed by atoms with Gasteiger partial charge in [0.15, 0.2) is 0 Å². The molecule has 1 unspecified atom stereocenters. The lowest BCUT2D eigenvalue weighted by atomic mass is 9.95. The standard InChI is InChI=1S/C23H23BrFN3OS/c1-2-19-20-7-5-11-27(20)22-16(15-6-3-4-8-21(15)30-22)13-28(19)23(29)26-18-10-9-14(24)12-17(18)25/h5,7,9-12,19H,2-4,6,8,13H2,1H3,(H,26,29). The zero-order valence-electron chi connectivity index (χ0n) is 16.8. The zero-order chi connectivity index (χ0) is 20.8. The van der Waals surface area contributed by atoms with Crippen LogP contribution in [-0.4, -0.2) is 15.5 Å². The van der Waals surface area contributed by atoms with E-state index < -0.39 is 5.82 Å². The van der Waals surface area contributed by atoms with Gasteiger partial charge in [0.25, 0.3) is 0 Å². The first-order valence-corrected chi connectivity index (χ1v) is 12.0. The number of nitrogens with one attached hydrogen (secondary N) is 1. The Kier molecular flexibility index (Phi) is 5.19. The molecule has 1 aliphatic heterocycles. The summed E-state index contributed by atoms with van der Waals surface area (Å²) in [7, 11) is 0. The lowest BCUT2D eigenvalue weighted by Crippen LogP contribution is -2.37. The highest BCUT2D eigenvalue weighted by Crippen LogP contribution is 2.43. The molecule has 1 aliphatic carbocycles. The maximum atomic E-state index is 14.4. The lowest BCUT2D eigenvalue weighted by Gasteiger charge is -2.30. The van der Waals surface area contributed by atoms with Crippen molar-refractivity contribution < 1.29 is 9.18 Å². The summed E-state index contributed by atoms with van der Waals surface area (Å²) in [6.07, 6.45) is 7.52. The molecular weight excluding hydrogens is 465 g/mol. The minimum absolute atomic E-state index is 0.0719. The fourth-order valence-corrected chi connectivity index (χ4v) is 6.42. The summed E-state index contributed by atoms with van der Waals surface area (Å²) in [5.41, 5.74) is 3.99. The first-order valence-electron chi connectivity index (χ1n) is 10.4. The van der Waals surface area contributed by atoms with Gasteiger partial charge in [0.05, 0.1) is 18.3 Å². The van der Waals surface area contributed by atoms with E-state index in [9.17, 15) is 9.18 Å². The molecule has 4 nitrogen and oxygen atoms in total. The highest BCUT2D eigenvalue weighted by atomic mass is 79.9. The second kappa shape index (κ2) is 7.85. The molecule has 156 valence electrons. The van der Waals surface area contributed by atoms with E-state index >= 15 is 0 Å². The minimum Gasteiger partial charge on any atom is -0.312 e. The average Bonchev–Trinajstić information content (AvgIpc) is 3.32. The van der Waals surface area contributed by atoms with Crippen LogP contribution in [0.5, 0.6) is 0 Å². The van der Waals surface area contributed by atoms with E-state index in [-0.39, 0.29) is 17.8 Å². The first kappa shape index (κ1) is 19.8. The van der Waals surface area contributed by atoms with E-state index in [1.165, 1.54) is 39.9 Å². The van der Waals surface area contributed by atoms with E-state index in [0.717, 1.165) is 25.0 Å². The Balaban J connectivity index is 1.56. The molecule has 0 radical (unpaired) electrons. The molecule has 3 heterocycles. The van der Waals surface area contributed by atoms with Gasteiger partial charge in [-0.05, 0) is 68.0 Å². The van der Waals surface area contributed by atoms with Crippen LogP contribution in [0.1, 0.15) is 53.9 Å². The topological polar surface area (TPSA) is 37.3 Å². The SMILES string of the molecule is CCC1c2cccn2-c2sc3c(c2CN1C(=O)Nc1ccc(Br)cc1F)CCCC3. The van der Waals surface area contributed by atoms with E-state index in [0.29, 0.717) is 11.0 Å². The van der Waals surface area contributed by atoms with Crippen LogP contribution in [-0.2, 0) is 19.4 Å². The highest BCUT2D eigenvalue weighted by molar-refractivity contribution is 9.10. The molecule has 2 amide bonds. The molecule has 2 aromatic heterocycles. The van der Waals surface area contributed by atoms with Gasteiger partial charge in [-0.15, -0.1) is 11.3 Å². The second-order valence-corrected chi connectivity index (χ2v) is 9.90. The first-order chi connectivity index (χ1) is 14.6. The van der Waals surface area contributed by atoms with Crippen molar-refractivity contribution in [1.82, 2.24) is 9.47 Å². The van der Waals surface area contributed by atoms with Crippen LogP contribution in [0.15, 0.2) is 41.0 Å². The molecule has 2 aliphatic rings. The Bertz CT molecular complexity index is 1120. The fraction of sp³-hybridized carbons (Fsp3) is 0.348. The summed E-state index contributed by atoms with van der Waals surface area (Å²) in [5, 5.41) is 4.05. The molecular formula is C23H23BrFN3OS. The number of nitrogens with zero attached hydrogens (tertiary/aromatic N) is 2. The summed E-state index contributed by atoms with van der Waals surface area (Å²) in [5.74, 6) is -0.447. The number of aryl methyl sites for hydroxylation is 1. The van der Waals surface area contributed by atoms with Crippen molar-refractivity contribution in [2.24, 2.45) is 0 Å². The molecule has 0 spiro atoms. The number of rotatable bonds is 2. The number of carbonyl (C=O) groups excluding carboxylic acids is 1. The van der Waals surface area contributed by atoms with Crippen LogP contribution in [0.2, 0.25) is 0 Å². The third-order valence-corrected chi connectivity index (χ3v) is 7.95. The van der Waals surface area contributed by atoms with Gasteiger partial charge in [0.2, 0.25) is 0 Å². The normalized spacial score (nSPS) is 17.7. The molecule has 3 aromatic rings. The van der Waals surface area contributed by atoms with Crippen LogP contribution in [0.25, 0.3) is 5.00 Å². The van der Waals surface area contributed by atoms with Crippen molar-refractivity contribution in [3.8, 4) is 5.00 Å². The number of urea groups is 1. The third-order valence-electron chi connectivity index (χ3n) is 6.12. The van der Waals surface area contributed by atoms with Gasteiger partial charge in [-0.2, -0.15) is 0 Å². The van der Waals surface area contributed by atoms with Gasteiger partial charge in [-0.1, -0.05) is 22.9 Å². The Labute approximate surface area is 187 Å². The number of thiophene rings is 1. The van der Waals surface area contributed by atoms with E-state index in [4.69, 9.17) is 0 Å². The summed E-state index contributed by atoms with van der Waals surface area (Å²) in [6, 6.07) is 8.51. The van der Waals surface area contributed by atoms with E-state index in [1.807, 2.05) is 16.2 Å². The third kappa shape index (κ3) is 3.28. The van der Waals surface area contributed by atoms with Gasteiger partial charge >= 0.3 is 6.03 Å². The van der Waals surface area contributed by atoms with Crippen molar-refractivity contribution in [3.05, 3.63) is 68.5 Å². The van der Waals surface area contributed by atoms with Crippen molar-refractivity contribution in [3.63, 3.8) is 0 Å². The molecule has 0 saturated carbocycles. The predicted molar refractivity (Wildman–Crippen MR) is 122 cm³/mol. The predicted octanol–water partition coefficient (Wildman–Crippen LogP) is 6.82. The van der Waals surface area contributed by atoms with Gasteiger partial charge in [-0.25, -0.2) is 9.18 Å². The van der Waals surface area contributed by atoms with Crippen LogP contribution >= 0.6 is 27.3 Å². The molecule has 1 N–H and O–H groups in total. The van der Waals surface area contributed by atoms with Gasteiger partial charge in [0, 0.05) is 26.8 Å². The van der Waals surface area contributed by atoms with Crippen LogP contribution in [0.3, 0.4) is 0 Å². The number of hydrogen-bond acceptors (Lipinski definition) is 2. The van der Waals surface area contributed by atoms with Crippen molar-refractivity contribution in [1.29, 1.82) is 0 Å². The smallest absolute Gasteiger partial charge is 0.312 e. The van der Waals surface area contributed by atoms with Crippen molar-refractivity contribution >= 4 is 39.0 Å². The highest BCUT2D eigenvalue weighted by Gasteiger charge is 2.34. The number of amides is 2. The minimum atomic E-state index is -0.447. The molecule has 1 aromatic carbocycles. The molecule has 5 rings (SSSR count). The number of fused-ring (bicyclic) bond motifs is 5. The van der Waals surface area contributed by atoms with E-state index in [1.54, 1.807) is 12.1 Å².